The van der Waals surface area contributed by atoms with Crippen molar-refractivity contribution in [2.45, 2.75) is 12.6 Å². The second-order valence-corrected chi connectivity index (χ2v) is 5.28. The number of nitrogens with zero attached hydrogens (tertiary/aromatic N) is 1. The average Bonchev–Trinajstić information content (AvgIpc) is 2.96. The number of alkyl halides is 3. The second-order valence-electron chi connectivity index (χ2n) is 5.28. The number of H-pyrrole nitrogens is 1. The van der Waals surface area contributed by atoms with E-state index in [1.54, 1.807) is 24.4 Å². The smallest absolute Gasteiger partial charge is 0.422 e. The first-order valence-electron chi connectivity index (χ1n) is 7.24. The van der Waals surface area contributed by atoms with Crippen molar-refractivity contribution >= 4 is 11.0 Å². The zero-order valence-corrected chi connectivity index (χ0v) is 12.9. The molecular formula is C17H15F3N2O2. The highest BCUT2D eigenvalue weighted by Crippen LogP contribution is 2.31. The van der Waals surface area contributed by atoms with E-state index in [1.807, 2.05) is 18.3 Å². The van der Waals surface area contributed by atoms with E-state index in [4.69, 9.17) is 9.47 Å². The van der Waals surface area contributed by atoms with Crippen LogP contribution in [0.15, 0.2) is 42.7 Å². The summed E-state index contributed by atoms with van der Waals surface area (Å²) in [5.74, 6) is 0.342. The van der Waals surface area contributed by atoms with Crippen LogP contribution in [0.1, 0.15) is 11.1 Å². The van der Waals surface area contributed by atoms with Gasteiger partial charge in [0, 0.05) is 17.8 Å². The lowest BCUT2D eigenvalue weighted by molar-refractivity contribution is -0.153. The summed E-state index contributed by atoms with van der Waals surface area (Å²) >= 11 is 0. The Morgan fingerprint density at radius 2 is 2.00 bits per heavy atom. The molecule has 0 atom stereocenters. The minimum absolute atomic E-state index is 0.0743. The number of rotatable bonds is 5. The van der Waals surface area contributed by atoms with E-state index in [-0.39, 0.29) is 11.5 Å². The number of pyridine rings is 1. The molecule has 7 heteroatoms. The third kappa shape index (κ3) is 3.61. The van der Waals surface area contributed by atoms with Crippen molar-refractivity contribution in [1.29, 1.82) is 0 Å². The Bertz CT molecular complexity index is 843. The molecule has 0 amide bonds. The zero-order valence-electron chi connectivity index (χ0n) is 12.9. The molecule has 1 N–H and O–H groups in total. The Morgan fingerprint density at radius 3 is 2.75 bits per heavy atom. The molecule has 2 heterocycles. The SMILES string of the molecule is COc1ccc(Cc2c[nH]c3ncccc23)cc1OCC(F)(F)F. The average molecular weight is 336 g/mol. The molecule has 126 valence electrons. The van der Waals surface area contributed by atoms with E-state index >= 15 is 0 Å². The quantitative estimate of drug-likeness (QED) is 0.763. The molecule has 0 radical (unpaired) electrons. The van der Waals surface area contributed by atoms with Crippen molar-refractivity contribution < 1.29 is 22.6 Å². The van der Waals surface area contributed by atoms with Crippen LogP contribution < -0.4 is 9.47 Å². The minimum Gasteiger partial charge on any atom is -0.493 e. The predicted molar refractivity (Wildman–Crippen MR) is 83.4 cm³/mol. The van der Waals surface area contributed by atoms with Gasteiger partial charge in [0.2, 0.25) is 0 Å². The lowest BCUT2D eigenvalue weighted by Gasteiger charge is -2.13. The van der Waals surface area contributed by atoms with Gasteiger partial charge < -0.3 is 14.5 Å². The van der Waals surface area contributed by atoms with E-state index < -0.39 is 12.8 Å². The first-order chi connectivity index (χ1) is 11.5. The highest BCUT2D eigenvalue weighted by molar-refractivity contribution is 5.79. The van der Waals surface area contributed by atoms with Crippen LogP contribution in [0.4, 0.5) is 13.2 Å². The molecule has 4 nitrogen and oxygen atoms in total. The molecule has 2 aromatic heterocycles. The standard InChI is InChI=1S/C17H15F3N2O2/c1-23-14-5-4-11(8-15(14)24-10-17(18,19)20)7-12-9-22-16-13(12)3-2-6-21-16/h2-6,8-9H,7,10H2,1H3,(H,21,22). The maximum atomic E-state index is 12.4. The van der Waals surface area contributed by atoms with E-state index in [0.717, 1.165) is 22.2 Å². The molecule has 0 fully saturated rings. The number of aromatic nitrogens is 2. The van der Waals surface area contributed by atoms with Crippen molar-refractivity contribution in [3.63, 3.8) is 0 Å². The summed E-state index contributed by atoms with van der Waals surface area (Å²) < 4.78 is 47.1. The molecular weight excluding hydrogens is 321 g/mol. The topological polar surface area (TPSA) is 47.1 Å². The van der Waals surface area contributed by atoms with Gasteiger partial charge in [0.1, 0.15) is 5.65 Å². The highest BCUT2D eigenvalue weighted by atomic mass is 19.4. The van der Waals surface area contributed by atoms with Crippen LogP contribution in [-0.4, -0.2) is 29.9 Å². The molecule has 1 aromatic carbocycles. The van der Waals surface area contributed by atoms with Crippen LogP contribution in [-0.2, 0) is 6.42 Å². The van der Waals surface area contributed by atoms with Gasteiger partial charge in [-0.3, -0.25) is 0 Å². The van der Waals surface area contributed by atoms with Gasteiger partial charge >= 0.3 is 6.18 Å². The molecule has 0 aliphatic carbocycles. The van der Waals surface area contributed by atoms with Crippen LogP contribution in [0.25, 0.3) is 11.0 Å². The van der Waals surface area contributed by atoms with Gasteiger partial charge in [-0.2, -0.15) is 13.2 Å². The van der Waals surface area contributed by atoms with E-state index in [9.17, 15) is 13.2 Å². The Kier molecular flexibility index (Phi) is 4.33. The van der Waals surface area contributed by atoms with Crippen molar-refractivity contribution in [2.24, 2.45) is 0 Å². The molecule has 0 saturated heterocycles. The summed E-state index contributed by atoms with van der Waals surface area (Å²) in [6, 6.07) is 8.76. The van der Waals surface area contributed by atoms with Crippen LogP contribution in [0.5, 0.6) is 11.5 Å². The lowest BCUT2D eigenvalue weighted by atomic mass is 10.0. The number of hydrogen-bond acceptors (Lipinski definition) is 3. The minimum atomic E-state index is -4.40. The molecule has 0 aliphatic heterocycles. The Morgan fingerprint density at radius 1 is 1.17 bits per heavy atom. The van der Waals surface area contributed by atoms with E-state index in [1.165, 1.54) is 7.11 Å². The number of methoxy groups -OCH3 is 1. The number of aromatic amines is 1. The summed E-state index contributed by atoms with van der Waals surface area (Å²) in [5, 5.41) is 0.978. The van der Waals surface area contributed by atoms with Gasteiger partial charge in [-0.05, 0) is 41.8 Å². The van der Waals surface area contributed by atoms with Gasteiger partial charge in [0.15, 0.2) is 18.1 Å². The highest BCUT2D eigenvalue weighted by Gasteiger charge is 2.29. The fourth-order valence-corrected chi connectivity index (χ4v) is 2.48. The molecule has 0 saturated carbocycles. The Balaban J connectivity index is 1.85. The molecule has 0 spiro atoms. The number of nitrogens with one attached hydrogen (secondary N) is 1. The van der Waals surface area contributed by atoms with Gasteiger partial charge in [-0.1, -0.05) is 6.07 Å². The number of benzene rings is 1. The lowest BCUT2D eigenvalue weighted by Crippen LogP contribution is -2.19. The summed E-state index contributed by atoms with van der Waals surface area (Å²) in [7, 11) is 1.39. The maximum Gasteiger partial charge on any atom is 0.422 e. The van der Waals surface area contributed by atoms with Crippen LogP contribution in [0.2, 0.25) is 0 Å². The third-order valence-electron chi connectivity index (χ3n) is 3.55. The Hall–Kier alpha value is -2.70. The number of fused-ring (bicyclic) bond motifs is 1. The molecule has 3 aromatic rings. The fraction of sp³-hybridized carbons (Fsp3) is 0.235. The number of hydrogen-bond donors (Lipinski definition) is 1. The van der Waals surface area contributed by atoms with Crippen molar-refractivity contribution in [3.05, 3.63) is 53.9 Å². The predicted octanol–water partition coefficient (Wildman–Crippen LogP) is 4.10. The monoisotopic (exact) mass is 336 g/mol. The molecule has 24 heavy (non-hydrogen) atoms. The summed E-state index contributed by atoms with van der Waals surface area (Å²) in [5.41, 5.74) is 2.59. The summed E-state index contributed by atoms with van der Waals surface area (Å²) in [6.07, 6.45) is -0.321. The van der Waals surface area contributed by atoms with Gasteiger partial charge in [-0.15, -0.1) is 0 Å². The fourth-order valence-electron chi connectivity index (χ4n) is 2.48. The summed E-state index contributed by atoms with van der Waals surface area (Å²) in [4.78, 5) is 7.29. The molecule has 0 unspecified atom stereocenters. The van der Waals surface area contributed by atoms with E-state index in [2.05, 4.69) is 9.97 Å². The molecule has 0 bridgehead atoms. The Labute approximate surface area is 136 Å². The van der Waals surface area contributed by atoms with Crippen LogP contribution >= 0.6 is 0 Å². The molecule has 0 aliphatic rings. The van der Waals surface area contributed by atoms with E-state index in [0.29, 0.717) is 6.42 Å². The third-order valence-corrected chi connectivity index (χ3v) is 3.55. The zero-order chi connectivity index (χ0) is 17.2. The summed E-state index contributed by atoms with van der Waals surface area (Å²) in [6.45, 7) is -1.36. The van der Waals surface area contributed by atoms with Gasteiger partial charge in [0.25, 0.3) is 0 Å². The second kappa shape index (κ2) is 6.43. The van der Waals surface area contributed by atoms with Crippen molar-refractivity contribution in [3.8, 4) is 11.5 Å². The normalized spacial score (nSPS) is 11.7. The van der Waals surface area contributed by atoms with Gasteiger partial charge in [0.05, 0.1) is 7.11 Å². The van der Waals surface area contributed by atoms with Gasteiger partial charge in [-0.25, -0.2) is 4.98 Å². The first kappa shape index (κ1) is 16.2. The number of halogens is 3. The maximum absolute atomic E-state index is 12.4. The first-order valence-corrected chi connectivity index (χ1v) is 7.24. The van der Waals surface area contributed by atoms with Crippen molar-refractivity contribution in [2.75, 3.05) is 13.7 Å². The van der Waals surface area contributed by atoms with Crippen LogP contribution in [0.3, 0.4) is 0 Å². The van der Waals surface area contributed by atoms with Crippen LogP contribution in [0, 0.1) is 0 Å². The number of ether oxygens (including phenoxy) is 2. The largest absolute Gasteiger partial charge is 0.493 e. The molecule has 3 rings (SSSR count). The van der Waals surface area contributed by atoms with Crippen molar-refractivity contribution in [1.82, 2.24) is 9.97 Å².